The summed E-state index contributed by atoms with van der Waals surface area (Å²) >= 11 is 2.18. The normalized spacial score (nSPS) is 32.3. The Morgan fingerprint density at radius 2 is 1.95 bits per heavy atom. The van der Waals surface area contributed by atoms with E-state index in [9.17, 15) is 20.4 Å². The number of benzene rings is 1. The molecule has 0 saturated carbocycles. The molecule has 0 unspecified atom stereocenters. The summed E-state index contributed by atoms with van der Waals surface area (Å²) in [6.45, 7) is -0.489. The largest absolute Gasteiger partial charge is 0.460 e. The smallest absolute Gasteiger partial charge is 0.229 e. The second-order valence-corrected chi connectivity index (χ2v) is 6.40. The molecule has 3 rings (SSSR count). The molecule has 1 aliphatic heterocycles. The molecule has 0 spiro atoms. The number of H-pyrrole nitrogens is 1. The predicted molar refractivity (Wildman–Crippen MR) is 85.4 cm³/mol. The number of ether oxygens (including phenoxy) is 2. The lowest BCUT2D eigenvalue weighted by Crippen LogP contribution is -2.60. The van der Waals surface area contributed by atoms with Gasteiger partial charge in [0.15, 0.2) is 0 Å². The maximum absolute atomic E-state index is 9.99. The summed E-state index contributed by atoms with van der Waals surface area (Å²) in [4.78, 5) is 3.04. The Labute approximate surface area is 139 Å². The Bertz CT molecular complexity index is 660. The molecule has 1 fully saturated rings. The van der Waals surface area contributed by atoms with Gasteiger partial charge in [-0.3, -0.25) is 0 Å². The van der Waals surface area contributed by atoms with E-state index in [1.807, 2.05) is 18.2 Å². The van der Waals surface area contributed by atoms with E-state index in [-0.39, 0.29) is 0 Å². The lowest BCUT2D eigenvalue weighted by atomic mass is 9.99. The molecule has 1 saturated heterocycles. The van der Waals surface area contributed by atoms with Crippen molar-refractivity contribution in [3.8, 4) is 5.75 Å². The van der Waals surface area contributed by atoms with Crippen molar-refractivity contribution in [1.82, 2.24) is 4.98 Å². The van der Waals surface area contributed by atoms with Crippen molar-refractivity contribution < 1.29 is 29.9 Å². The highest BCUT2D eigenvalue weighted by atomic mass is 127. The molecule has 1 aromatic carbocycles. The molecule has 2 heterocycles. The van der Waals surface area contributed by atoms with E-state index in [0.29, 0.717) is 5.75 Å². The lowest BCUT2D eigenvalue weighted by Gasteiger charge is -2.39. The Balaban J connectivity index is 1.85. The molecule has 22 heavy (non-hydrogen) atoms. The van der Waals surface area contributed by atoms with Crippen molar-refractivity contribution in [3.63, 3.8) is 0 Å². The van der Waals surface area contributed by atoms with Gasteiger partial charge >= 0.3 is 0 Å². The zero-order valence-electron chi connectivity index (χ0n) is 11.4. The number of aliphatic hydroxyl groups is 4. The number of nitrogens with one attached hydrogen (secondary N) is 1. The molecule has 120 valence electrons. The molecule has 2 aromatic rings. The van der Waals surface area contributed by atoms with Crippen LogP contribution >= 0.6 is 22.6 Å². The van der Waals surface area contributed by atoms with Crippen LogP contribution in [0.3, 0.4) is 0 Å². The average Bonchev–Trinajstić information content (AvgIpc) is 2.90. The van der Waals surface area contributed by atoms with E-state index in [4.69, 9.17) is 9.47 Å². The number of hydrogen-bond acceptors (Lipinski definition) is 6. The van der Waals surface area contributed by atoms with Gasteiger partial charge in [-0.05, 0) is 40.8 Å². The Kier molecular flexibility index (Phi) is 4.57. The van der Waals surface area contributed by atoms with E-state index in [2.05, 4.69) is 27.6 Å². The average molecular weight is 421 g/mol. The van der Waals surface area contributed by atoms with Gasteiger partial charge in [0, 0.05) is 20.7 Å². The van der Waals surface area contributed by atoms with Crippen molar-refractivity contribution in [2.24, 2.45) is 0 Å². The second kappa shape index (κ2) is 6.30. The minimum absolute atomic E-state index is 0.456. The third-order valence-electron chi connectivity index (χ3n) is 3.70. The monoisotopic (exact) mass is 421 g/mol. The SMILES string of the molecule is OC[C@H]1O[C@@H](Oc2c[nH]c3ccc(I)cc23)[C@H](O)[C@@H](O)[C@H]1O. The van der Waals surface area contributed by atoms with E-state index in [0.717, 1.165) is 14.5 Å². The van der Waals surface area contributed by atoms with Crippen LogP contribution in [0, 0.1) is 3.57 Å². The third kappa shape index (κ3) is 2.82. The molecule has 8 heteroatoms. The highest BCUT2D eigenvalue weighted by Gasteiger charge is 2.44. The summed E-state index contributed by atoms with van der Waals surface area (Å²) in [6.07, 6.45) is -4.83. The van der Waals surface area contributed by atoms with E-state index in [1.54, 1.807) is 6.20 Å². The van der Waals surface area contributed by atoms with Crippen molar-refractivity contribution >= 4 is 33.5 Å². The summed E-state index contributed by atoms with van der Waals surface area (Å²) < 4.78 is 12.0. The van der Waals surface area contributed by atoms with Crippen LogP contribution in [0.4, 0.5) is 0 Å². The fourth-order valence-electron chi connectivity index (χ4n) is 2.45. The summed E-state index contributed by atoms with van der Waals surface area (Å²) in [5, 5.41) is 39.5. The first kappa shape index (κ1) is 16.0. The van der Waals surface area contributed by atoms with E-state index < -0.39 is 37.3 Å². The fraction of sp³-hybridized carbons (Fsp3) is 0.429. The van der Waals surface area contributed by atoms with Gasteiger partial charge < -0.3 is 34.9 Å². The Hall–Kier alpha value is -0.910. The first-order chi connectivity index (χ1) is 10.5. The summed E-state index contributed by atoms with van der Waals surface area (Å²) in [7, 11) is 0. The zero-order chi connectivity index (χ0) is 15.9. The fourth-order valence-corrected chi connectivity index (χ4v) is 2.95. The van der Waals surface area contributed by atoms with E-state index in [1.165, 1.54) is 0 Å². The summed E-state index contributed by atoms with van der Waals surface area (Å²) in [6, 6.07) is 5.75. The quantitative estimate of drug-likeness (QED) is 0.444. The maximum atomic E-state index is 9.99. The highest BCUT2D eigenvalue weighted by Crippen LogP contribution is 2.30. The van der Waals surface area contributed by atoms with Gasteiger partial charge in [-0.15, -0.1) is 0 Å². The Morgan fingerprint density at radius 1 is 1.18 bits per heavy atom. The number of hydrogen-bond donors (Lipinski definition) is 5. The maximum Gasteiger partial charge on any atom is 0.229 e. The van der Waals surface area contributed by atoms with Crippen LogP contribution < -0.4 is 4.74 Å². The van der Waals surface area contributed by atoms with Crippen molar-refractivity contribution in [2.75, 3.05) is 6.61 Å². The lowest BCUT2D eigenvalue weighted by molar-refractivity contribution is -0.277. The van der Waals surface area contributed by atoms with Crippen molar-refractivity contribution in [3.05, 3.63) is 28.0 Å². The number of fused-ring (bicyclic) bond motifs is 1. The van der Waals surface area contributed by atoms with Gasteiger partial charge in [0.05, 0.1) is 6.61 Å². The standard InChI is InChI=1S/C14H16INO6/c15-6-1-2-8-7(3-6)9(4-16-8)21-14-13(20)12(19)11(18)10(5-17)22-14/h1-4,10-14,16-20H,5H2/t10-,11+,12+,13-,14-/m1/s1. The molecule has 7 nitrogen and oxygen atoms in total. The minimum atomic E-state index is -1.46. The van der Waals surface area contributed by atoms with Crippen LogP contribution in [0.1, 0.15) is 0 Å². The van der Waals surface area contributed by atoms with E-state index >= 15 is 0 Å². The van der Waals surface area contributed by atoms with Crippen molar-refractivity contribution in [2.45, 2.75) is 30.7 Å². The predicted octanol–water partition coefficient (Wildman–Crippen LogP) is -0.0488. The molecule has 0 radical (unpaired) electrons. The van der Waals surface area contributed by atoms with Crippen LogP contribution in [-0.2, 0) is 4.74 Å². The second-order valence-electron chi connectivity index (χ2n) is 5.16. The Morgan fingerprint density at radius 3 is 2.68 bits per heavy atom. The number of rotatable bonds is 3. The molecule has 5 atom stereocenters. The van der Waals surface area contributed by atoms with Gasteiger partial charge in [0.1, 0.15) is 30.2 Å². The number of aromatic amines is 1. The zero-order valence-corrected chi connectivity index (χ0v) is 13.5. The number of aromatic nitrogens is 1. The van der Waals surface area contributed by atoms with Gasteiger partial charge in [-0.25, -0.2) is 0 Å². The molecule has 0 aliphatic carbocycles. The minimum Gasteiger partial charge on any atom is -0.460 e. The molecule has 0 amide bonds. The van der Waals surface area contributed by atoms with Crippen molar-refractivity contribution in [1.29, 1.82) is 0 Å². The molecule has 1 aromatic heterocycles. The van der Waals surface area contributed by atoms with Gasteiger partial charge in [-0.2, -0.15) is 0 Å². The molecular formula is C14H16INO6. The molecule has 1 aliphatic rings. The topological polar surface area (TPSA) is 115 Å². The van der Waals surface area contributed by atoms with Crippen LogP contribution in [0.15, 0.2) is 24.4 Å². The molecular weight excluding hydrogens is 405 g/mol. The van der Waals surface area contributed by atoms with Crippen LogP contribution in [0.25, 0.3) is 10.9 Å². The third-order valence-corrected chi connectivity index (χ3v) is 4.37. The highest BCUT2D eigenvalue weighted by molar-refractivity contribution is 14.1. The van der Waals surface area contributed by atoms with Crippen LogP contribution in [-0.4, -0.2) is 62.7 Å². The molecule has 5 N–H and O–H groups in total. The first-order valence-corrected chi connectivity index (χ1v) is 7.83. The molecule has 0 bridgehead atoms. The van der Waals surface area contributed by atoms with Crippen LogP contribution in [0.2, 0.25) is 0 Å². The first-order valence-electron chi connectivity index (χ1n) is 6.75. The van der Waals surface area contributed by atoms with Gasteiger partial charge in [0.2, 0.25) is 6.29 Å². The number of aliphatic hydroxyl groups excluding tert-OH is 4. The number of halogens is 1. The summed E-state index contributed by atoms with van der Waals surface area (Å²) in [5.41, 5.74) is 0.861. The van der Waals surface area contributed by atoms with Gasteiger partial charge in [-0.1, -0.05) is 0 Å². The van der Waals surface area contributed by atoms with Crippen LogP contribution in [0.5, 0.6) is 5.75 Å². The summed E-state index contributed by atoms with van der Waals surface area (Å²) in [5.74, 6) is 0.456. The van der Waals surface area contributed by atoms with Gasteiger partial charge in [0.25, 0.3) is 0 Å².